The number of sulfonamides is 1. The largest absolute Gasteiger partial charge is 0.493 e. The number of nitrogens with zero attached hydrogens (tertiary/aromatic N) is 1. The molecule has 1 amide bonds. The topological polar surface area (TPSA) is 89.7 Å². The van der Waals surface area contributed by atoms with Crippen LogP contribution >= 0.6 is 0 Å². The highest BCUT2D eigenvalue weighted by molar-refractivity contribution is 7.89. The van der Waals surface area contributed by atoms with Gasteiger partial charge in [-0.15, -0.1) is 0 Å². The molecule has 114 valence electrons. The van der Waals surface area contributed by atoms with E-state index in [1.54, 1.807) is 4.90 Å². The number of carbonyl (C=O) groups is 1. The molecule has 0 aromatic heterocycles. The van der Waals surface area contributed by atoms with Crippen molar-refractivity contribution >= 4 is 15.9 Å². The molecule has 1 aromatic carbocycles. The molecule has 1 unspecified atom stereocenters. The van der Waals surface area contributed by atoms with Crippen LogP contribution in [0.1, 0.15) is 17.5 Å². The summed E-state index contributed by atoms with van der Waals surface area (Å²) in [6, 6.07) is 6.04. The minimum Gasteiger partial charge on any atom is -0.493 e. The maximum atomic E-state index is 11.8. The number of benzene rings is 1. The van der Waals surface area contributed by atoms with Crippen LogP contribution in [-0.2, 0) is 27.7 Å². The van der Waals surface area contributed by atoms with Gasteiger partial charge in [-0.3, -0.25) is 4.79 Å². The second-order valence-electron chi connectivity index (χ2n) is 5.55. The lowest BCUT2D eigenvalue weighted by molar-refractivity contribution is -0.127. The van der Waals surface area contributed by atoms with Crippen molar-refractivity contribution in [1.29, 1.82) is 0 Å². The highest BCUT2D eigenvalue weighted by atomic mass is 32.2. The van der Waals surface area contributed by atoms with Gasteiger partial charge in [-0.05, 0) is 23.6 Å². The summed E-state index contributed by atoms with van der Waals surface area (Å²) >= 11 is 0. The third-order valence-electron chi connectivity index (χ3n) is 4.07. The molecule has 2 N–H and O–H groups in total. The van der Waals surface area contributed by atoms with Crippen LogP contribution in [0.5, 0.6) is 5.75 Å². The lowest BCUT2D eigenvalue weighted by Crippen LogP contribution is -2.33. The molecule has 0 bridgehead atoms. The zero-order valence-electron chi connectivity index (χ0n) is 11.6. The first-order valence-corrected chi connectivity index (χ1v) is 8.58. The molecule has 6 nitrogen and oxygen atoms in total. The van der Waals surface area contributed by atoms with Crippen molar-refractivity contribution in [2.75, 3.05) is 19.7 Å². The molecule has 1 fully saturated rings. The molecule has 1 atom stereocenters. The molecule has 2 heterocycles. The number of primary sulfonamides is 1. The fourth-order valence-electron chi connectivity index (χ4n) is 2.83. The summed E-state index contributed by atoms with van der Waals surface area (Å²) in [5.74, 6) is 0.795. The van der Waals surface area contributed by atoms with Crippen molar-refractivity contribution < 1.29 is 17.9 Å². The molecule has 7 heteroatoms. The molecule has 2 aliphatic rings. The standard InChI is InChI=1S/C14H18N2O4S/c15-21(18,19)12-8-14(17)16(9-12)5-3-10-1-2-13-11(7-10)4-6-20-13/h1-2,7,12H,3-6,8-9H2,(H2,15,18,19). The maximum absolute atomic E-state index is 11.8. The number of hydrogen-bond donors (Lipinski definition) is 1. The van der Waals surface area contributed by atoms with Crippen LogP contribution in [0.4, 0.5) is 0 Å². The summed E-state index contributed by atoms with van der Waals surface area (Å²) in [4.78, 5) is 13.4. The maximum Gasteiger partial charge on any atom is 0.224 e. The SMILES string of the molecule is NS(=O)(=O)C1CC(=O)N(CCc2ccc3c(c2)CCO3)C1. The van der Waals surface area contributed by atoms with Gasteiger partial charge in [-0.2, -0.15) is 0 Å². The molecule has 21 heavy (non-hydrogen) atoms. The Bertz CT molecular complexity index is 672. The van der Waals surface area contributed by atoms with Gasteiger partial charge in [0.1, 0.15) is 11.0 Å². The van der Waals surface area contributed by atoms with Crippen LogP contribution in [0.2, 0.25) is 0 Å². The molecule has 1 saturated heterocycles. The van der Waals surface area contributed by atoms with Crippen LogP contribution in [0.3, 0.4) is 0 Å². The zero-order chi connectivity index (χ0) is 15.0. The highest BCUT2D eigenvalue weighted by Crippen LogP contribution is 2.26. The number of nitrogens with two attached hydrogens (primary N) is 1. The Hall–Kier alpha value is -1.60. The van der Waals surface area contributed by atoms with Crippen molar-refractivity contribution in [3.8, 4) is 5.75 Å². The summed E-state index contributed by atoms with van der Waals surface area (Å²) in [6.07, 6.45) is 1.62. The monoisotopic (exact) mass is 310 g/mol. The van der Waals surface area contributed by atoms with E-state index in [4.69, 9.17) is 9.88 Å². The number of rotatable bonds is 4. The average Bonchev–Trinajstić information content (AvgIpc) is 3.01. The minimum atomic E-state index is -3.64. The first-order chi connectivity index (χ1) is 9.93. The van der Waals surface area contributed by atoms with Gasteiger partial charge in [0.15, 0.2) is 0 Å². The Kier molecular flexibility index (Phi) is 3.62. The molecule has 0 aliphatic carbocycles. The third-order valence-corrected chi connectivity index (χ3v) is 5.31. The lowest BCUT2D eigenvalue weighted by Gasteiger charge is -2.16. The van der Waals surface area contributed by atoms with Crippen molar-refractivity contribution in [2.24, 2.45) is 5.14 Å². The number of carbonyl (C=O) groups excluding carboxylic acids is 1. The van der Waals surface area contributed by atoms with E-state index in [-0.39, 0.29) is 18.9 Å². The second kappa shape index (κ2) is 5.31. The number of hydrogen-bond acceptors (Lipinski definition) is 4. The normalized spacial score (nSPS) is 21.5. The predicted molar refractivity (Wildman–Crippen MR) is 77.4 cm³/mol. The molecule has 3 rings (SSSR count). The summed E-state index contributed by atoms with van der Waals surface area (Å²) in [6.45, 7) is 1.44. The molecular formula is C14H18N2O4S. The first kappa shape index (κ1) is 14.3. The fraction of sp³-hybridized carbons (Fsp3) is 0.500. The van der Waals surface area contributed by atoms with Crippen molar-refractivity contribution in [3.05, 3.63) is 29.3 Å². The van der Waals surface area contributed by atoms with Gasteiger partial charge in [0.25, 0.3) is 0 Å². The van der Waals surface area contributed by atoms with Gasteiger partial charge < -0.3 is 9.64 Å². The molecule has 2 aliphatic heterocycles. The summed E-state index contributed by atoms with van der Waals surface area (Å²) < 4.78 is 28.1. The Balaban J connectivity index is 1.62. The van der Waals surface area contributed by atoms with Crippen LogP contribution in [-0.4, -0.2) is 44.2 Å². The quantitative estimate of drug-likeness (QED) is 0.851. The highest BCUT2D eigenvalue weighted by Gasteiger charge is 2.36. The lowest BCUT2D eigenvalue weighted by atomic mass is 10.1. The minimum absolute atomic E-state index is 0.00311. The van der Waals surface area contributed by atoms with Gasteiger partial charge >= 0.3 is 0 Å². The van der Waals surface area contributed by atoms with Crippen molar-refractivity contribution in [2.45, 2.75) is 24.5 Å². The van der Waals surface area contributed by atoms with Crippen molar-refractivity contribution in [3.63, 3.8) is 0 Å². The van der Waals surface area contributed by atoms with E-state index in [1.165, 1.54) is 5.56 Å². The van der Waals surface area contributed by atoms with E-state index in [2.05, 4.69) is 6.07 Å². The van der Waals surface area contributed by atoms with Crippen LogP contribution in [0, 0.1) is 0 Å². The van der Waals surface area contributed by atoms with E-state index in [0.717, 1.165) is 24.3 Å². The van der Waals surface area contributed by atoms with E-state index in [9.17, 15) is 13.2 Å². The molecular weight excluding hydrogens is 292 g/mol. The molecule has 0 spiro atoms. The van der Waals surface area contributed by atoms with Gasteiger partial charge in [0.2, 0.25) is 15.9 Å². The van der Waals surface area contributed by atoms with Gasteiger partial charge in [0, 0.05) is 25.9 Å². The smallest absolute Gasteiger partial charge is 0.224 e. The van der Waals surface area contributed by atoms with E-state index < -0.39 is 15.3 Å². The van der Waals surface area contributed by atoms with Gasteiger partial charge in [-0.1, -0.05) is 12.1 Å². The van der Waals surface area contributed by atoms with Crippen LogP contribution in [0.25, 0.3) is 0 Å². The van der Waals surface area contributed by atoms with E-state index in [1.807, 2.05) is 12.1 Å². The Morgan fingerprint density at radius 1 is 1.38 bits per heavy atom. The van der Waals surface area contributed by atoms with Gasteiger partial charge in [-0.25, -0.2) is 13.6 Å². The number of likely N-dealkylation sites (tertiary alicyclic amines) is 1. The zero-order valence-corrected chi connectivity index (χ0v) is 12.4. The molecule has 0 saturated carbocycles. The number of fused-ring (bicyclic) bond motifs is 1. The van der Waals surface area contributed by atoms with E-state index in [0.29, 0.717) is 13.0 Å². The first-order valence-electron chi connectivity index (χ1n) is 6.97. The van der Waals surface area contributed by atoms with Gasteiger partial charge in [0.05, 0.1) is 6.61 Å². The van der Waals surface area contributed by atoms with Crippen molar-refractivity contribution in [1.82, 2.24) is 4.90 Å². The van der Waals surface area contributed by atoms with Crippen LogP contribution in [0.15, 0.2) is 18.2 Å². The molecule has 0 radical (unpaired) electrons. The average molecular weight is 310 g/mol. The third kappa shape index (κ3) is 3.03. The number of amides is 1. The number of ether oxygens (including phenoxy) is 1. The summed E-state index contributed by atoms with van der Waals surface area (Å²) in [5.41, 5.74) is 2.33. The fourth-order valence-corrected chi connectivity index (χ4v) is 3.59. The Labute approximate surface area is 123 Å². The predicted octanol–water partition coefficient (Wildman–Crippen LogP) is 0.0534. The van der Waals surface area contributed by atoms with E-state index >= 15 is 0 Å². The summed E-state index contributed by atoms with van der Waals surface area (Å²) in [5, 5.41) is 4.35. The second-order valence-corrected chi connectivity index (χ2v) is 7.39. The Morgan fingerprint density at radius 2 is 2.19 bits per heavy atom. The summed E-state index contributed by atoms with van der Waals surface area (Å²) in [7, 11) is -3.64. The molecule has 1 aromatic rings. The van der Waals surface area contributed by atoms with Crippen LogP contribution < -0.4 is 9.88 Å². The Morgan fingerprint density at radius 3 is 2.90 bits per heavy atom.